The van der Waals surface area contributed by atoms with Crippen LogP contribution < -0.4 is 9.21 Å². The zero-order chi connectivity index (χ0) is 19.4. The Morgan fingerprint density at radius 2 is 1.79 bits per heavy atom. The van der Waals surface area contributed by atoms with Crippen LogP contribution in [0.2, 0.25) is 0 Å². The first kappa shape index (κ1) is 17.7. The maximum absolute atomic E-state index is 13.4. The van der Waals surface area contributed by atoms with E-state index in [4.69, 9.17) is 4.98 Å². The van der Waals surface area contributed by atoms with Gasteiger partial charge in [0.1, 0.15) is 6.54 Å². The largest absolute Gasteiger partial charge is 0.317 e. The van der Waals surface area contributed by atoms with Crippen LogP contribution in [-0.2, 0) is 15.4 Å². The van der Waals surface area contributed by atoms with Crippen molar-refractivity contribution >= 4 is 32.6 Å². The summed E-state index contributed by atoms with van der Waals surface area (Å²) in [6.45, 7) is 2.28. The number of nitrogens with zero attached hydrogens (tertiary/aromatic N) is 3. The number of nitrogens with one attached hydrogen (secondary N) is 1. The van der Waals surface area contributed by atoms with E-state index in [1.807, 2.05) is 42.5 Å². The van der Waals surface area contributed by atoms with Gasteiger partial charge in [-0.25, -0.2) is 0 Å². The fraction of sp³-hybridized carbons (Fsp3) is 0.333. The third-order valence-electron chi connectivity index (χ3n) is 6.33. The zero-order valence-corrected chi connectivity index (χ0v) is 16.6. The predicted molar refractivity (Wildman–Crippen MR) is 111 cm³/mol. The van der Waals surface area contributed by atoms with Gasteiger partial charge in [-0.3, -0.25) is 4.98 Å². The van der Waals surface area contributed by atoms with Gasteiger partial charge in [0.2, 0.25) is 5.82 Å². The highest BCUT2D eigenvalue weighted by molar-refractivity contribution is 7.90. The number of hydrogen-bond donors (Lipinski definition) is 1. The topological polar surface area (TPSA) is 72.0 Å². The molecule has 1 spiro atoms. The second kappa shape index (κ2) is 6.07. The van der Waals surface area contributed by atoms with E-state index < -0.39 is 10.0 Å². The molecular weight excluding hydrogens is 372 g/mol. The first-order chi connectivity index (χ1) is 13.5. The van der Waals surface area contributed by atoms with Crippen LogP contribution in [0.5, 0.6) is 0 Å². The fourth-order valence-corrected chi connectivity index (χ4v) is 6.42. The van der Waals surface area contributed by atoms with Gasteiger partial charge in [0.05, 0.1) is 22.7 Å². The van der Waals surface area contributed by atoms with E-state index in [0.717, 1.165) is 42.7 Å². The highest BCUT2D eigenvalue weighted by Gasteiger charge is 2.60. The third kappa shape index (κ3) is 2.36. The molecular formula is C21H23N4O2S+. The molecule has 2 aliphatic rings. The quantitative estimate of drug-likeness (QED) is 0.676. The van der Waals surface area contributed by atoms with Crippen LogP contribution >= 0.6 is 0 Å². The number of pyridine rings is 2. The molecule has 0 amide bonds. The summed E-state index contributed by atoms with van der Waals surface area (Å²) < 4.78 is 26.5. The van der Waals surface area contributed by atoms with E-state index >= 15 is 0 Å². The number of hydrogen-bond acceptors (Lipinski definition) is 5. The number of fused-ring (bicyclic) bond motifs is 3. The van der Waals surface area contributed by atoms with Crippen molar-refractivity contribution in [2.45, 2.75) is 18.3 Å². The minimum absolute atomic E-state index is 0.156. The molecule has 5 rings (SSSR count). The van der Waals surface area contributed by atoms with Crippen LogP contribution in [0.4, 0.5) is 11.5 Å². The summed E-state index contributed by atoms with van der Waals surface area (Å²) in [7, 11) is -3.54. The number of aromatic nitrogens is 2. The molecule has 7 heteroatoms. The van der Waals surface area contributed by atoms with Crippen molar-refractivity contribution < 1.29 is 8.42 Å². The maximum atomic E-state index is 13.4. The molecule has 1 unspecified atom stereocenters. The van der Waals surface area contributed by atoms with Crippen molar-refractivity contribution in [2.24, 2.45) is 0 Å². The standard InChI is InChI=1S/C21H23N4O2S/c1-28(26,27)25(20-9-8-17-18(24-20)6-4-12-23-17)15-21(10-13-22-14-11-21)16-5-2-3-7-19(16)25/h2-9,12,22H,10-11,13-15H2,1H3/q+1. The molecule has 0 aliphatic carbocycles. The molecule has 0 radical (unpaired) electrons. The van der Waals surface area contributed by atoms with Crippen LogP contribution in [0.3, 0.4) is 0 Å². The highest BCUT2D eigenvalue weighted by atomic mass is 32.2. The molecule has 0 bridgehead atoms. The van der Waals surface area contributed by atoms with E-state index in [9.17, 15) is 8.42 Å². The lowest BCUT2D eigenvalue weighted by atomic mass is 9.75. The van der Waals surface area contributed by atoms with Gasteiger partial charge in [-0.2, -0.15) is 13.4 Å². The number of rotatable bonds is 2. The van der Waals surface area contributed by atoms with Gasteiger partial charge in [-0.05, 0) is 44.1 Å². The minimum Gasteiger partial charge on any atom is -0.317 e. The molecule has 144 valence electrons. The number of quaternary nitrogens is 1. The zero-order valence-electron chi connectivity index (χ0n) is 15.8. The van der Waals surface area contributed by atoms with Crippen molar-refractivity contribution in [2.75, 3.05) is 25.9 Å². The SMILES string of the molecule is CS(=O)(=O)[N+]1(c2ccc3ncccc3n2)CC2(CCNCC2)c2ccccc21. The molecule has 4 heterocycles. The first-order valence-electron chi connectivity index (χ1n) is 9.58. The van der Waals surface area contributed by atoms with Crippen molar-refractivity contribution in [3.63, 3.8) is 0 Å². The fourth-order valence-electron chi connectivity index (χ4n) is 4.98. The Hall–Kier alpha value is -2.35. The van der Waals surface area contributed by atoms with Crippen molar-refractivity contribution in [1.29, 1.82) is 0 Å². The lowest BCUT2D eigenvalue weighted by Crippen LogP contribution is -2.53. The van der Waals surface area contributed by atoms with Gasteiger partial charge in [0.15, 0.2) is 5.69 Å². The average molecular weight is 396 g/mol. The summed E-state index contributed by atoms with van der Waals surface area (Å²) in [5.74, 6) is 0.547. The summed E-state index contributed by atoms with van der Waals surface area (Å²) in [4.78, 5) is 9.12. The normalized spacial score (nSPS) is 23.8. The Kier molecular flexibility index (Phi) is 3.84. The van der Waals surface area contributed by atoms with Gasteiger partial charge >= 0.3 is 10.0 Å². The van der Waals surface area contributed by atoms with E-state index in [1.165, 1.54) is 6.26 Å². The van der Waals surface area contributed by atoms with Crippen LogP contribution in [0, 0.1) is 0 Å². The van der Waals surface area contributed by atoms with E-state index in [2.05, 4.69) is 16.4 Å². The number of benzene rings is 1. The third-order valence-corrected chi connectivity index (χ3v) is 7.97. The number of para-hydroxylation sites is 1. The Bertz CT molecular complexity index is 1170. The average Bonchev–Trinajstić information content (AvgIpc) is 3.00. The van der Waals surface area contributed by atoms with E-state index in [0.29, 0.717) is 17.9 Å². The lowest BCUT2D eigenvalue weighted by molar-refractivity contribution is 0.295. The van der Waals surface area contributed by atoms with Crippen LogP contribution in [0.1, 0.15) is 18.4 Å². The summed E-state index contributed by atoms with van der Waals surface area (Å²) in [6.07, 6.45) is 4.90. The Labute approximate surface area is 164 Å². The van der Waals surface area contributed by atoms with Gasteiger partial charge in [-0.15, -0.1) is 3.89 Å². The van der Waals surface area contributed by atoms with Crippen LogP contribution in [0.15, 0.2) is 54.7 Å². The second-order valence-electron chi connectivity index (χ2n) is 7.89. The summed E-state index contributed by atoms with van der Waals surface area (Å²) in [5.41, 5.74) is 3.31. The molecule has 0 saturated carbocycles. The van der Waals surface area contributed by atoms with Crippen molar-refractivity contribution in [1.82, 2.24) is 19.2 Å². The Balaban J connectivity index is 1.82. The molecule has 1 atom stereocenters. The van der Waals surface area contributed by atoms with E-state index in [-0.39, 0.29) is 9.30 Å². The van der Waals surface area contributed by atoms with Gasteiger partial charge in [-0.1, -0.05) is 18.2 Å². The smallest absolute Gasteiger partial charge is 0.305 e. The monoisotopic (exact) mass is 395 g/mol. The molecule has 1 saturated heterocycles. The molecule has 2 aromatic heterocycles. The summed E-state index contributed by atoms with van der Waals surface area (Å²) in [5, 5.41) is 3.42. The van der Waals surface area contributed by atoms with Crippen LogP contribution in [0.25, 0.3) is 11.0 Å². The molecule has 1 N–H and O–H groups in total. The molecule has 1 aromatic carbocycles. The molecule has 28 heavy (non-hydrogen) atoms. The van der Waals surface area contributed by atoms with Gasteiger partial charge in [0, 0.05) is 23.9 Å². The van der Waals surface area contributed by atoms with E-state index in [1.54, 1.807) is 6.20 Å². The van der Waals surface area contributed by atoms with Crippen molar-refractivity contribution in [3.05, 3.63) is 60.3 Å². The van der Waals surface area contributed by atoms with Crippen molar-refractivity contribution in [3.8, 4) is 0 Å². The second-order valence-corrected chi connectivity index (χ2v) is 9.98. The number of sulfonamides is 1. The highest BCUT2D eigenvalue weighted by Crippen LogP contribution is 2.54. The summed E-state index contributed by atoms with van der Waals surface area (Å²) >= 11 is 0. The summed E-state index contributed by atoms with van der Waals surface area (Å²) in [6, 6.07) is 15.4. The maximum Gasteiger partial charge on any atom is 0.305 e. The van der Waals surface area contributed by atoms with Crippen LogP contribution in [-0.4, -0.2) is 44.3 Å². The van der Waals surface area contributed by atoms with Gasteiger partial charge in [0.25, 0.3) is 0 Å². The first-order valence-corrected chi connectivity index (χ1v) is 11.4. The minimum atomic E-state index is -3.54. The molecule has 1 fully saturated rings. The van der Waals surface area contributed by atoms with Gasteiger partial charge < -0.3 is 5.32 Å². The lowest BCUT2D eigenvalue weighted by Gasteiger charge is -2.36. The Morgan fingerprint density at radius 3 is 2.57 bits per heavy atom. The molecule has 3 aromatic rings. The molecule has 6 nitrogen and oxygen atoms in total. The molecule has 2 aliphatic heterocycles. The Morgan fingerprint density at radius 1 is 1.00 bits per heavy atom. The number of piperidine rings is 1. The predicted octanol–water partition coefficient (Wildman–Crippen LogP) is 2.86.